The summed E-state index contributed by atoms with van der Waals surface area (Å²) < 4.78 is 10.8. The molecule has 3 aromatic rings. The monoisotopic (exact) mass is 556 g/mol. The highest BCUT2D eigenvalue weighted by molar-refractivity contribution is 7.17. The number of halogens is 1. The van der Waals surface area contributed by atoms with Crippen molar-refractivity contribution in [2.45, 2.75) is 39.2 Å². The number of fused-ring (bicyclic) bond motifs is 1. The van der Waals surface area contributed by atoms with E-state index in [1.807, 2.05) is 0 Å². The Morgan fingerprint density at radius 1 is 1.18 bits per heavy atom. The Morgan fingerprint density at radius 2 is 1.92 bits per heavy atom. The van der Waals surface area contributed by atoms with Gasteiger partial charge in [0.05, 0.1) is 17.1 Å². The van der Waals surface area contributed by atoms with Gasteiger partial charge in [-0.15, -0.1) is 11.3 Å². The summed E-state index contributed by atoms with van der Waals surface area (Å²) in [6.07, 6.45) is 0.909. The van der Waals surface area contributed by atoms with Gasteiger partial charge in [0.15, 0.2) is 0 Å². The number of hydrogen-bond acceptors (Lipinski definition) is 8. The number of carbonyl (C=O) groups excluding carboxylic acids is 3. The third-order valence-electron chi connectivity index (χ3n) is 6.17. The Morgan fingerprint density at radius 3 is 2.61 bits per heavy atom. The van der Waals surface area contributed by atoms with Gasteiger partial charge in [0.1, 0.15) is 10.6 Å². The molecule has 4 rings (SSSR count). The van der Waals surface area contributed by atoms with E-state index in [0.29, 0.717) is 28.5 Å². The van der Waals surface area contributed by atoms with E-state index in [2.05, 4.69) is 12.2 Å². The molecule has 1 aliphatic carbocycles. The second kappa shape index (κ2) is 11.7. The van der Waals surface area contributed by atoms with Gasteiger partial charge in [0.2, 0.25) is 6.10 Å². The number of thiophene rings is 1. The summed E-state index contributed by atoms with van der Waals surface area (Å²) in [5, 5.41) is 14.7. The standard InChI is InChI=1S/C27H25ClN2O7S/c1-3-36-27(33)22-18-11-9-15(2)13-21(18)38-25(22)29-24(31)23(16-7-5-4-6-8-16)37-26(32)19-14-17(28)10-12-20(19)30(34)35/h4-8,10,12,14-15,23H,3,9,11,13H2,1-2H3,(H,29,31)/t15-,23-/m0/s1. The lowest BCUT2D eigenvalue weighted by molar-refractivity contribution is -0.385. The lowest BCUT2D eigenvalue weighted by Gasteiger charge is -2.19. The van der Waals surface area contributed by atoms with Crippen LogP contribution < -0.4 is 5.32 Å². The number of nitro groups is 1. The van der Waals surface area contributed by atoms with E-state index < -0.39 is 34.6 Å². The Kier molecular flexibility index (Phi) is 8.43. The van der Waals surface area contributed by atoms with Crippen molar-refractivity contribution < 1.29 is 28.8 Å². The van der Waals surface area contributed by atoms with Gasteiger partial charge in [-0.3, -0.25) is 14.9 Å². The van der Waals surface area contributed by atoms with Crippen LogP contribution in [0.3, 0.4) is 0 Å². The second-order valence-corrected chi connectivity index (χ2v) is 10.4. The number of hydrogen-bond donors (Lipinski definition) is 1. The van der Waals surface area contributed by atoms with Crippen molar-refractivity contribution in [3.8, 4) is 0 Å². The average molecular weight is 557 g/mol. The van der Waals surface area contributed by atoms with Gasteiger partial charge in [-0.1, -0.05) is 48.9 Å². The van der Waals surface area contributed by atoms with E-state index in [9.17, 15) is 24.5 Å². The number of esters is 2. The van der Waals surface area contributed by atoms with Gasteiger partial charge in [-0.2, -0.15) is 0 Å². The molecule has 1 N–H and O–H groups in total. The number of nitrogens with zero attached hydrogens (tertiary/aromatic N) is 1. The number of amides is 1. The van der Waals surface area contributed by atoms with Crippen LogP contribution in [0.4, 0.5) is 10.7 Å². The normalized spacial score (nSPS) is 15.2. The van der Waals surface area contributed by atoms with Gasteiger partial charge >= 0.3 is 11.9 Å². The number of carbonyl (C=O) groups is 3. The third-order valence-corrected chi connectivity index (χ3v) is 7.57. The minimum atomic E-state index is -1.46. The molecule has 0 aliphatic heterocycles. The quantitative estimate of drug-likeness (QED) is 0.200. The number of ether oxygens (including phenoxy) is 2. The van der Waals surface area contributed by atoms with Gasteiger partial charge in [0, 0.05) is 21.5 Å². The predicted octanol–water partition coefficient (Wildman–Crippen LogP) is 6.15. The van der Waals surface area contributed by atoms with Crippen molar-refractivity contribution in [1.29, 1.82) is 0 Å². The number of nitro benzene ring substituents is 1. The maximum Gasteiger partial charge on any atom is 0.346 e. The van der Waals surface area contributed by atoms with Crippen LogP contribution in [-0.4, -0.2) is 29.4 Å². The maximum absolute atomic E-state index is 13.6. The Bertz CT molecular complexity index is 1390. The molecule has 2 atom stereocenters. The molecule has 2 aromatic carbocycles. The third kappa shape index (κ3) is 5.87. The van der Waals surface area contributed by atoms with Crippen molar-refractivity contribution in [1.82, 2.24) is 0 Å². The SMILES string of the molecule is CCOC(=O)c1c(NC(=O)[C@@H](OC(=O)c2cc(Cl)ccc2[N+](=O)[O-])c2ccccc2)sc2c1CC[C@H](C)C2. The first kappa shape index (κ1) is 27.3. The predicted molar refractivity (Wildman–Crippen MR) is 143 cm³/mol. The topological polar surface area (TPSA) is 125 Å². The number of nitrogens with one attached hydrogen (secondary N) is 1. The van der Waals surface area contributed by atoms with Crippen LogP contribution in [0.25, 0.3) is 0 Å². The molecule has 11 heteroatoms. The van der Waals surface area contributed by atoms with E-state index >= 15 is 0 Å². The minimum Gasteiger partial charge on any atom is -0.462 e. The number of rotatable bonds is 8. The van der Waals surface area contributed by atoms with E-state index in [0.717, 1.165) is 35.4 Å². The smallest absolute Gasteiger partial charge is 0.346 e. The highest BCUT2D eigenvalue weighted by atomic mass is 35.5. The van der Waals surface area contributed by atoms with Crippen molar-refractivity contribution in [3.05, 3.63) is 90.8 Å². The van der Waals surface area contributed by atoms with E-state index in [-0.39, 0.29) is 17.2 Å². The lowest BCUT2D eigenvalue weighted by Crippen LogP contribution is -2.26. The summed E-state index contributed by atoms with van der Waals surface area (Å²) in [7, 11) is 0. The first-order valence-corrected chi connectivity index (χ1v) is 13.2. The van der Waals surface area contributed by atoms with E-state index in [1.165, 1.54) is 17.4 Å². The molecule has 0 saturated carbocycles. The van der Waals surface area contributed by atoms with E-state index in [1.54, 1.807) is 37.3 Å². The van der Waals surface area contributed by atoms with Crippen molar-refractivity contribution >= 4 is 51.5 Å². The maximum atomic E-state index is 13.6. The molecule has 1 amide bonds. The largest absolute Gasteiger partial charge is 0.462 e. The molecule has 1 aromatic heterocycles. The second-order valence-electron chi connectivity index (χ2n) is 8.88. The molecule has 0 bridgehead atoms. The summed E-state index contributed by atoms with van der Waals surface area (Å²) in [5.41, 5.74) is 0.635. The Hall–Kier alpha value is -3.76. The van der Waals surface area contributed by atoms with Gasteiger partial charge < -0.3 is 14.8 Å². The highest BCUT2D eigenvalue weighted by Crippen LogP contribution is 2.40. The molecule has 198 valence electrons. The zero-order valence-corrected chi connectivity index (χ0v) is 22.3. The summed E-state index contributed by atoms with van der Waals surface area (Å²) in [6, 6.07) is 11.8. The van der Waals surface area contributed by atoms with Crippen LogP contribution in [0.5, 0.6) is 0 Å². The Labute approximate surface area is 227 Å². The summed E-state index contributed by atoms with van der Waals surface area (Å²) >= 11 is 7.27. The molecule has 1 heterocycles. The fourth-order valence-corrected chi connectivity index (χ4v) is 5.91. The molecular weight excluding hydrogens is 532 g/mol. The molecular formula is C27H25ClN2O7S. The van der Waals surface area contributed by atoms with Gasteiger partial charge in [0.25, 0.3) is 11.6 Å². The summed E-state index contributed by atoms with van der Waals surface area (Å²) in [5.74, 6) is -1.90. The van der Waals surface area contributed by atoms with Crippen LogP contribution in [0.15, 0.2) is 48.5 Å². The zero-order chi connectivity index (χ0) is 27.4. The molecule has 0 spiro atoms. The van der Waals surface area contributed by atoms with Gasteiger partial charge in [-0.25, -0.2) is 9.59 Å². The zero-order valence-electron chi connectivity index (χ0n) is 20.7. The van der Waals surface area contributed by atoms with E-state index in [4.69, 9.17) is 21.1 Å². The minimum absolute atomic E-state index is 0.0979. The van der Waals surface area contributed by atoms with Crippen LogP contribution in [0.2, 0.25) is 5.02 Å². The van der Waals surface area contributed by atoms with Crippen LogP contribution in [0.1, 0.15) is 63.1 Å². The summed E-state index contributed by atoms with van der Waals surface area (Å²) in [6.45, 7) is 4.01. The van der Waals surface area contributed by atoms with Crippen molar-refractivity contribution in [2.75, 3.05) is 11.9 Å². The average Bonchev–Trinajstić information content (AvgIpc) is 3.24. The summed E-state index contributed by atoms with van der Waals surface area (Å²) in [4.78, 5) is 51.3. The molecule has 0 fully saturated rings. The molecule has 1 aliphatic rings. The van der Waals surface area contributed by atoms with Gasteiger partial charge in [-0.05, 0) is 49.8 Å². The Balaban J connectivity index is 1.69. The fraction of sp³-hybridized carbons (Fsp3) is 0.296. The number of anilines is 1. The van der Waals surface area contributed by atoms with Crippen LogP contribution >= 0.6 is 22.9 Å². The molecule has 0 unspecified atom stereocenters. The van der Waals surface area contributed by atoms with Crippen molar-refractivity contribution in [3.63, 3.8) is 0 Å². The fourth-order valence-electron chi connectivity index (χ4n) is 4.34. The molecule has 0 radical (unpaired) electrons. The molecule has 0 saturated heterocycles. The first-order valence-electron chi connectivity index (χ1n) is 12.0. The number of benzene rings is 2. The first-order chi connectivity index (χ1) is 18.2. The van der Waals surface area contributed by atoms with Crippen LogP contribution in [-0.2, 0) is 27.1 Å². The lowest BCUT2D eigenvalue weighted by atomic mass is 9.88. The highest BCUT2D eigenvalue weighted by Gasteiger charge is 2.33. The van der Waals surface area contributed by atoms with Crippen molar-refractivity contribution in [2.24, 2.45) is 5.92 Å². The molecule has 38 heavy (non-hydrogen) atoms. The van der Waals surface area contributed by atoms with Crippen LogP contribution in [0, 0.1) is 16.0 Å². The molecule has 9 nitrogen and oxygen atoms in total.